The Bertz CT molecular complexity index is 799. The molecule has 2 heterocycles. The number of aromatic amines is 1. The Balaban J connectivity index is 1.30. The molecule has 7 heteroatoms. The first-order valence-corrected chi connectivity index (χ1v) is 10.4. The Hall–Kier alpha value is -1.86. The number of sulfone groups is 1. The van der Waals surface area contributed by atoms with Crippen LogP contribution in [0.3, 0.4) is 0 Å². The number of ether oxygens (including phenoxy) is 1. The molecule has 1 saturated heterocycles. The fourth-order valence-electron chi connectivity index (χ4n) is 3.31. The number of rotatable bonds is 7. The zero-order valence-corrected chi connectivity index (χ0v) is 14.9. The third-order valence-electron chi connectivity index (χ3n) is 4.75. The van der Waals surface area contributed by atoms with Gasteiger partial charge in [-0.1, -0.05) is 12.1 Å². The van der Waals surface area contributed by atoms with Crippen LogP contribution in [0.5, 0.6) is 5.75 Å². The molecule has 1 saturated carbocycles. The third-order valence-corrected chi connectivity index (χ3v) is 6.47. The van der Waals surface area contributed by atoms with Gasteiger partial charge in [0, 0.05) is 25.5 Å². The summed E-state index contributed by atoms with van der Waals surface area (Å²) in [7, 11) is -3.32. The standard InChI is InChI=1S/C18H23N3O3S/c22-25(23,18-19-8-9-20-18)13-15-7-10-21(12-15)11-14-1-3-16(4-2-14)24-17-5-6-17/h1-4,8-9,15,17H,5-7,10-13H2,(H,19,20)/t15-/m1/s1. The van der Waals surface area contributed by atoms with Crippen LogP contribution in [0.15, 0.2) is 41.8 Å². The average Bonchev–Trinajstić information content (AvgIpc) is 3.06. The molecule has 2 aromatic rings. The number of H-pyrrole nitrogens is 1. The van der Waals surface area contributed by atoms with Crippen molar-refractivity contribution in [2.24, 2.45) is 5.92 Å². The van der Waals surface area contributed by atoms with Crippen LogP contribution in [-0.4, -0.2) is 48.2 Å². The number of imidazole rings is 1. The summed E-state index contributed by atoms with van der Waals surface area (Å²) in [5, 5.41) is 0.0807. The van der Waals surface area contributed by atoms with Gasteiger partial charge in [-0.25, -0.2) is 13.4 Å². The monoisotopic (exact) mass is 361 g/mol. The third kappa shape index (κ3) is 4.22. The quantitative estimate of drug-likeness (QED) is 0.819. The van der Waals surface area contributed by atoms with Crippen molar-refractivity contribution in [3.63, 3.8) is 0 Å². The lowest BCUT2D eigenvalue weighted by atomic mass is 10.1. The Morgan fingerprint density at radius 3 is 2.68 bits per heavy atom. The number of nitrogens with one attached hydrogen (secondary N) is 1. The minimum atomic E-state index is -3.32. The minimum Gasteiger partial charge on any atom is -0.490 e. The van der Waals surface area contributed by atoms with Crippen molar-refractivity contribution < 1.29 is 13.2 Å². The predicted molar refractivity (Wildman–Crippen MR) is 94.1 cm³/mol. The second-order valence-electron chi connectivity index (χ2n) is 7.03. The maximum Gasteiger partial charge on any atom is 0.224 e. The normalized spacial score (nSPS) is 21.5. The fraction of sp³-hybridized carbons (Fsp3) is 0.500. The molecule has 0 spiro atoms. The minimum absolute atomic E-state index is 0.0807. The van der Waals surface area contributed by atoms with E-state index in [4.69, 9.17) is 4.74 Å². The molecule has 1 aliphatic heterocycles. The van der Waals surface area contributed by atoms with Gasteiger partial charge in [0.25, 0.3) is 0 Å². The summed E-state index contributed by atoms with van der Waals surface area (Å²) in [6.07, 6.45) is 6.68. The van der Waals surface area contributed by atoms with Gasteiger partial charge in [0.05, 0.1) is 11.9 Å². The van der Waals surface area contributed by atoms with E-state index in [2.05, 4.69) is 27.0 Å². The topological polar surface area (TPSA) is 75.3 Å². The van der Waals surface area contributed by atoms with Crippen LogP contribution in [-0.2, 0) is 16.4 Å². The van der Waals surface area contributed by atoms with E-state index in [0.29, 0.717) is 6.10 Å². The van der Waals surface area contributed by atoms with Gasteiger partial charge in [0.2, 0.25) is 15.0 Å². The van der Waals surface area contributed by atoms with Gasteiger partial charge in [-0.05, 0) is 49.4 Å². The fourth-order valence-corrected chi connectivity index (χ4v) is 4.83. The molecular weight excluding hydrogens is 338 g/mol. The van der Waals surface area contributed by atoms with Gasteiger partial charge in [-0.3, -0.25) is 4.90 Å². The first-order valence-electron chi connectivity index (χ1n) is 8.78. The number of likely N-dealkylation sites (tertiary alicyclic amines) is 1. The van der Waals surface area contributed by atoms with Crippen LogP contribution in [0.2, 0.25) is 0 Å². The molecule has 25 heavy (non-hydrogen) atoms. The first-order chi connectivity index (χ1) is 12.1. The zero-order valence-electron chi connectivity index (χ0n) is 14.1. The Morgan fingerprint density at radius 1 is 1.20 bits per heavy atom. The second-order valence-corrected chi connectivity index (χ2v) is 8.98. The lowest BCUT2D eigenvalue weighted by Crippen LogP contribution is -2.23. The molecule has 1 aromatic carbocycles. The number of hydrogen-bond donors (Lipinski definition) is 1. The molecule has 0 radical (unpaired) electrons. The van der Waals surface area contributed by atoms with Gasteiger partial charge in [-0.15, -0.1) is 0 Å². The SMILES string of the molecule is O=S(=O)(C[C@@H]1CCN(Cc2ccc(OC3CC3)cc2)C1)c1ncc[nH]1. The van der Waals surface area contributed by atoms with Crippen molar-refractivity contribution in [2.75, 3.05) is 18.8 Å². The lowest BCUT2D eigenvalue weighted by molar-refractivity contribution is 0.302. The number of nitrogens with zero attached hydrogens (tertiary/aromatic N) is 2. The van der Waals surface area contributed by atoms with Crippen molar-refractivity contribution in [1.82, 2.24) is 14.9 Å². The largest absolute Gasteiger partial charge is 0.490 e. The molecular formula is C18H23N3O3S. The van der Waals surface area contributed by atoms with E-state index >= 15 is 0 Å². The second kappa shape index (κ2) is 6.80. The molecule has 2 fully saturated rings. The first kappa shape index (κ1) is 16.6. The van der Waals surface area contributed by atoms with Crippen LogP contribution in [0.25, 0.3) is 0 Å². The Morgan fingerprint density at radius 2 is 2.00 bits per heavy atom. The summed E-state index contributed by atoms with van der Waals surface area (Å²) in [4.78, 5) is 8.90. The zero-order chi connectivity index (χ0) is 17.3. The van der Waals surface area contributed by atoms with Crippen molar-refractivity contribution in [3.05, 3.63) is 42.2 Å². The summed E-state index contributed by atoms with van der Waals surface area (Å²) in [6, 6.07) is 8.26. The van der Waals surface area contributed by atoms with Gasteiger partial charge in [0.1, 0.15) is 5.75 Å². The van der Waals surface area contributed by atoms with Crippen LogP contribution in [0.1, 0.15) is 24.8 Å². The van der Waals surface area contributed by atoms with E-state index in [9.17, 15) is 8.42 Å². The van der Waals surface area contributed by atoms with Crippen LogP contribution < -0.4 is 4.74 Å². The summed E-state index contributed by atoms with van der Waals surface area (Å²) in [5.41, 5.74) is 1.23. The van der Waals surface area contributed by atoms with Crippen LogP contribution in [0, 0.1) is 5.92 Å². The van der Waals surface area contributed by atoms with E-state index in [1.54, 1.807) is 6.20 Å². The maximum atomic E-state index is 12.3. The molecule has 134 valence electrons. The molecule has 1 N–H and O–H groups in total. The van der Waals surface area contributed by atoms with E-state index in [1.807, 2.05) is 12.1 Å². The highest BCUT2D eigenvalue weighted by Gasteiger charge is 2.29. The average molecular weight is 361 g/mol. The molecule has 0 bridgehead atoms. The van der Waals surface area contributed by atoms with Gasteiger partial charge in [-0.2, -0.15) is 0 Å². The number of hydrogen-bond acceptors (Lipinski definition) is 5. The van der Waals surface area contributed by atoms with E-state index in [0.717, 1.165) is 44.6 Å². The van der Waals surface area contributed by atoms with Crippen LogP contribution >= 0.6 is 0 Å². The maximum absolute atomic E-state index is 12.3. The molecule has 1 atom stereocenters. The Labute approximate surface area is 148 Å². The predicted octanol–water partition coefficient (Wildman–Crippen LogP) is 2.25. The smallest absolute Gasteiger partial charge is 0.224 e. The molecule has 6 nitrogen and oxygen atoms in total. The summed E-state index contributed by atoms with van der Waals surface area (Å²) in [6.45, 7) is 2.58. The van der Waals surface area contributed by atoms with E-state index in [-0.39, 0.29) is 16.8 Å². The molecule has 4 rings (SSSR count). The number of aromatic nitrogens is 2. The van der Waals surface area contributed by atoms with Crippen LogP contribution in [0.4, 0.5) is 0 Å². The van der Waals surface area contributed by atoms with Crippen molar-refractivity contribution in [3.8, 4) is 5.75 Å². The van der Waals surface area contributed by atoms with Crippen molar-refractivity contribution in [1.29, 1.82) is 0 Å². The summed E-state index contributed by atoms with van der Waals surface area (Å²) >= 11 is 0. The van der Waals surface area contributed by atoms with Gasteiger partial charge >= 0.3 is 0 Å². The molecule has 1 aliphatic carbocycles. The highest BCUT2D eigenvalue weighted by Crippen LogP contribution is 2.27. The van der Waals surface area contributed by atoms with E-state index in [1.165, 1.54) is 11.8 Å². The molecule has 2 aliphatic rings. The van der Waals surface area contributed by atoms with E-state index < -0.39 is 9.84 Å². The highest BCUT2D eigenvalue weighted by molar-refractivity contribution is 7.91. The highest BCUT2D eigenvalue weighted by atomic mass is 32.2. The van der Waals surface area contributed by atoms with Crippen molar-refractivity contribution >= 4 is 9.84 Å². The summed E-state index contributed by atoms with van der Waals surface area (Å²) in [5.74, 6) is 1.26. The molecule has 0 amide bonds. The van der Waals surface area contributed by atoms with Crippen molar-refractivity contribution in [2.45, 2.75) is 37.1 Å². The molecule has 1 aromatic heterocycles. The Kier molecular flexibility index (Phi) is 4.52. The summed E-state index contributed by atoms with van der Waals surface area (Å²) < 4.78 is 30.4. The van der Waals surface area contributed by atoms with Gasteiger partial charge < -0.3 is 9.72 Å². The lowest BCUT2D eigenvalue weighted by Gasteiger charge is -2.16. The number of benzene rings is 1. The molecule has 0 unspecified atom stereocenters. The van der Waals surface area contributed by atoms with Gasteiger partial charge in [0.15, 0.2) is 0 Å².